The number of nitrogens with two attached hydrogens (primary N) is 1. The average Bonchev–Trinajstić information content (AvgIpc) is 3.30. The number of nitrogens with zero attached hydrogens (tertiary/aromatic N) is 8. The minimum absolute atomic E-state index is 0.0125. The molecule has 0 radical (unpaired) electrons. The number of nitrogen functional groups attached to an aromatic ring is 1. The Morgan fingerprint density at radius 3 is 1.62 bits per heavy atom. The third kappa shape index (κ3) is 11.1. The zero-order chi connectivity index (χ0) is 49.0. The van der Waals surface area contributed by atoms with Gasteiger partial charge in [0.15, 0.2) is 12.5 Å². The highest BCUT2D eigenvalue weighted by atomic mass is 32.2. The van der Waals surface area contributed by atoms with Crippen molar-refractivity contribution in [2.45, 2.75) is 37.5 Å². The van der Waals surface area contributed by atoms with E-state index in [1.54, 1.807) is 67.6 Å². The van der Waals surface area contributed by atoms with Gasteiger partial charge in [0.2, 0.25) is 0 Å². The lowest BCUT2D eigenvalue weighted by Gasteiger charge is -2.11. The summed E-state index contributed by atoms with van der Waals surface area (Å²) in [6.45, 7) is 7.63. The Balaban J connectivity index is 0.909. The summed E-state index contributed by atoms with van der Waals surface area (Å²) >= 11 is 0. The smallest absolute Gasteiger partial charge is 0.296 e. The van der Waals surface area contributed by atoms with Gasteiger partial charge in [-0.2, -0.15) is 47.5 Å². The Morgan fingerprint density at radius 1 is 0.493 bits per heavy atom. The molecule has 69 heavy (non-hydrogen) atoms. The number of phenolic OH excluding ortho intramolecular Hbond substituents is 1. The molecule has 0 saturated carbocycles. The lowest BCUT2D eigenvalue weighted by Crippen LogP contribution is -2.08. The Hall–Kier alpha value is -8.30. The molecule has 8 aromatic rings. The Bertz CT molecular complexity index is 3680. The van der Waals surface area contributed by atoms with E-state index in [0.717, 1.165) is 46.0 Å². The van der Waals surface area contributed by atoms with E-state index in [-0.39, 0.29) is 28.9 Å². The molecule has 20 heteroatoms. The van der Waals surface area contributed by atoms with E-state index in [4.69, 9.17) is 10.5 Å². The van der Waals surface area contributed by atoms with E-state index in [1.165, 1.54) is 12.1 Å². The van der Waals surface area contributed by atoms with Gasteiger partial charge >= 0.3 is 0 Å². The maximum absolute atomic E-state index is 12.2. The molecule has 0 aliphatic rings. The third-order valence-electron chi connectivity index (χ3n) is 10.8. The molecule has 0 bridgehead atoms. The minimum Gasteiger partial charge on any atom is -0.505 e. The van der Waals surface area contributed by atoms with Gasteiger partial charge in [0, 0.05) is 22.1 Å². The second-order valence-corrected chi connectivity index (χ2v) is 18.6. The van der Waals surface area contributed by atoms with Gasteiger partial charge in [0.1, 0.15) is 26.9 Å². The number of anilines is 2. The zero-order valence-electron chi connectivity index (χ0n) is 37.3. The molecule has 0 atom stereocenters. The highest BCUT2D eigenvalue weighted by Gasteiger charge is 2.21. The number of rotatable bonds is 14. The minimum atomic E-state index is -4.80. The number of nitrogens with one attached hydrogen (secondary N) is 1. The van der Waals surface area contributed by atoms with E-state index in [0.29, 0.717) is 62.2 Å². The van der Waals surface area contributed by atoms with E-state index in [1.807, 2.05) is 63.2 Å². The Labute approximate surface area is 396 Å². The number of phenols is 1. The lowest BCUT2D eigenvalue weighted by atomic mass is 10.1. The van der Waals surface area contributed by atoms with Crippen LogP contribution >= 0.6 is 0 Å². The summed E-state index contributed by atoms with van der Waals surface area (Å²) in [5.41, 5.74) is 13.5. The van der Waals surface area contributed by atoms with Crippen molar-refractivity contribution in [1.82, 2.24) is 0 Å². The molecule has 0 fully saturated rings. The average molecular weight is 963 g/mol. The van der Waals surface area contributed by atoms with Crippen LogP contribution in [-0.4, -0.2) is 37.8 Å². The molecule has 6 N–H and O–H groups in total. The van der Waals surface area contributed by atoms with Crippen LogP contribution in [0.1, 0.15) is 22.3 Å². The maximum atomic E-state index is 12.2. The largest absolute Gasteiger partial charge is 0.505 e. The molecule has 348 valence electrons. The number of hydrogen-bond donors (Lipinski definition) is 5. The van der Waals surface area contributed by atoms with Crippen molar-refractivity contribution >= 4 is 98.7 Å². The number of aryl methyl sites for hydroxylation is 4. The first-order valence-corrected chi connectivity index (χ1v) is 23.8. The second-order valence-electron chi connectivity index (χ2n) is 15.8. The molecule has 0 amide bonds. The lowest BCUT2D eigenvalue weighted by molar-refractivity contribution is 0.347. The fourth-order valence-electron chi connectivity index (χ4n) is 7.10. The van der Waals surface area contributed by atoms with E-state index in [2.05, 4.69) is 46.2 Å². The van der Waals surface area contributed by atoms with Gasteiger partial charge in [-0.05, 0) is 176 Å². The Kier molecular flexibility index (Phi) is 13.3. The van der Waals surface area contributed by atoms with Crippen molar-refractivity contribution in [3.05, 3.63) is 156 Å². The summed E-state index contributed by atoms with van der Waals surface area (Å²) in [7, 11) is -9.47. The number of aromatic hydroxyl groups is 1. The van der Waals surface area contributed by atoms with E-state index in [9.17, 15) is 31.0 Å². The van der Waals surface area contributed by atoms with Crippen LogP contribution < -0.4 is 15.8 Å². The normalized spacial score (nSPS) is 12.4. The van der Waals surface area contributed by atoms with Crippen LogP contribution in [0.2, 0.25) is 0 Å². The number of azo groups is 4. The maximum Gasteiger partial charge on any atom is 0.296 e. The van der Waals surface area contributed by atoms with Crippen LogP contribution in [0.15, 0.2) is 184 Å². The van der Waals surface area contributed by atoms with Crippen molar-refractivity contribution < 1.29 is 35.8 Å². The van der Waals surface area contributed by atoms with Gasteiger partial charge in [-0.3, -0.25) is 9.11 Å². The predicted octanol–water partition coefficient (Wildman–Crippen LogP) is 14.1. The number of hydrogen-bond acceptors (Lipinski definition) is 16. The Morgan fingerprint density at radius 2 is 1.01 bits per heavy atom. The van der Waals surface area contributed by atoms with Crippen LogP contribution in [0.5, 0.6) is 11.5 Å². The first-order valence-electron chi connectivity index (χ1n) is 20.9. The van der Waals surface area contributed by atoms with Gasteiger partial charge in [0.05, 0.1) is 34.1 Å². The zero-order valence-corrected chi connectivity index (χ0v) is 38.9. The van der Waals surface area contributed by atoms with Crippen LogP contribution in [0, 0.1) is 27.7 Å². The molecule has 18 nitrogen and oxygen atoms in total. The first kappa shape index (κ1) is 47.2. The summed E-state index contributed by atoms with van der Waals surface area (Å²) in [5, 5.41) is 50.6. The van der Waals surface area contributed by atoms with Crippen LogP contribution in [0.25, 0.3) is 21.5 Å². The molecular weight excluding hydrogens is 921 g/mol. The number of benzene rings is 8. The monoisotopic (exact) mass is 962 g/mol. The summed E-state index contributed by atoms with van der Waals surface area (Å²) < 4.78 is 73.8. The van der Waals surface area contributed by atoms with Crippen molar-refractivity contribution in [2.75, 3.05) is 17.8 Å². The van der Waals surface area contributed by atoms with Gasteiger partial charge in [-0.15, -0.1) is 10.2 Å². The topological polar surface area (TPSA) is 275 Å². The van der Waals surface area contributed by atoms with Crippen LogP contribution in [-0.2, 0) is 20.2 Å². The molecule has 0 unspecified atom stereocenters. The van der Waals surface area contributed by atoms with Gasteiger partial charge in [-0.25, -0.2) is 0 Å². The summed E-state index contributed by atoms with van der Waals surface area (Å²) in [4.78, 5) is -1.06. The SMILES string of the molecule is Cc1cc(N=Nc2cc(C)c(N=Nc3ccc4cc(NCOc5ccc(N)cc5)ccc4c3O)cc2C)ccc1N=Nc1ccc(N=Nc2cc3c(S(=O)(=O)O)cccc3cc2S(=O)(=O)O)c(C)c1. The van der Waals surface area contributed by atoms with Crippen molar-refractivity contribution in [2.24, 2.45) is 40.9 Å². The first-order chi connectivity index (χ1) is 32.9. The molecule has 8 rings (SSSR count). The highest BCUT2D eigenvalue weighted by Crippen LogP contribution is 2.39. The van der Waals surface area contributed by atoms with E-state index >= 15 is 0 Å². The quantitative estimate of drug-likeness (QED) is 0.0297. The number of fused-ring (bicyclic) bond motifs is 2. The van der Waals surface area contributed by atoms with Crippen LogP contribution in [0.3, 0.4) is 0 Å². The fraction of sp³-hybridized carbons (Fsp3) is 0.102. The molecule has 0 aliphatic heterocycles. The summed E-state index contributed by atoms with van der Waals surface area (Å²) in [6, 6.07) is 36.4. The number of ether oxygens (including phenoxy) is 1. The molecule has 8 aromatic carbocycles. The molecule has 0 spiro atoms. The van der Waals surface area contributed by atoms with Crippen molar-refractivity contribution in [3.63, 3.8) is 0 Å². The summed E-state index contributed by atoms with van der Waals surface area (Å²) in [6.07, 6.45) is 0. The molecular formula is C49H42N10O8S2. The fourth-order valence-corrected chi connectivity index (χ4v) is 8.45. The predicted molar refractivity (Wildman–Crippen MR) is 264 cm³/mol. The van der Waals surface area contributed by atoms with Crippen molar-refractivity contribution in [3.8, 4) is 11.5 Å². The summed E-state index contributed by atoms with van der Waals surface area (Å²) in [5.74, 6) is 0.703. The molecule has 0 saturated heterocycles. The standard InChI is InChI=1S/C49H42N10O8S2/c1-28-20-37(12-18-41(28)54-52-36-13-19-42(29(2)21-36)55-59-46-26-40-32(25-48(46)69(64,65)66)6-5-7-47(40)68(61,62)63)53-57-44-22-31(4)45(23-30(44)3)58-56-43-17-8-33-24-35(11-16-39(33)49(43)60)51-27-67-38-14-9-34(50)10-15-38/h5-26,51,60H,27,50H2,1-4H3,(H,61,62,63)(H,64,65,66). The molecule has 0 aromatic heterocycles. The van der Waals surface area contributed by atoms with Gasteiger partial charge in [0.25, 0.3) is 20.2 Å². The molecule has 0 heterocycles. The van der Waals surface area contributed by atoms with Gasteiger partial charge < -0.3 is 20.9 Å². The van der Waals surface area contributed by atoms with Gasteiger partial charge in [-0.1, -0.05) is 18.2 Å². The van der Waals surface area contributed by atoms with E-state index < -0.39 is 30.0 Å². The highest BCUT2D eigenvalue weighted by molar-refractivity contribution is 7.86. The third-order valence-corrected chi connectivity index (χ3v) is 12.6. The second kappa shape index (κ2) is 19.5. The molecule has 0 aliphatic carbocycles. The van der Waals surface area contributed by atoms with Crippen molar-refractivity contribution in [1.29, 1.82) is 0 Å². The van der Waals surface area contributed by atoms with Crippen LogP contribution in [0.4, 0.5) is 56.9 Å².